The standard InChI is InChI=1S/C31H37ClN4O4S.C31H36N4O4S/c1-30(2,3)26-15-14-25(27(32)34-26)28(37)35-41(39,40)24-13-9-10-22(18-24)29(38)36(23-11-7-6-8-12-23)17-16-21-19-31(4,5)33-20-21;1-30(2,3)26-15-14-25-27(32-26)35-20-21(19-31(35,4)5)16-17-34(23-11-7-6-8-12-23)29(37)22-10-9-13-24(18-22)40(38,39)33-28(25)36/h6-15,18,21,33H,16-17,19-20H2,1-5H3,(H,35,37);6-15,18,21H,16-17,19-20H2,1-5H3,(H,33,36). The lowest BCUT2D eigenvalue weighted by Crippen LogP contribution is -2.41. The summed E-state index contributed by atoms with van der Waals surface area (Å²) in [6.07, 6.45) is 3.38. The van der Waals surface area contributed by atoms with Crippen LogP contribution in [0.1, 0.15) is 148 Å². The van der Waals surface area contributed by atoms with Crippen molar-refractivity contribution < 1.29 is 36.0 Å². The zero-order chi connectivity index (χ0) is 58.9. The Bertz CT molecular complexity index is 3570. The lowest BCUT2D eigenvalue weighted by atomic mass is 9.91. The van der Waals surface area contributed by atoms with Crippen molar-refractivity contribution in [3.05, 3.63) is 172 Å². The van der Waals surface area contributed by atoms with E-state index in [2.05, 4.69) is 73.1 Å². The second-order valence-corrected chi connectivity index (χ2v) is 28.2. The molecule has 3 aliphatic heterocycles. The van der Waals surface area contributed by atoms with E-state index < -0.39 is 31.9 Å². The minimum Gasteiger partial charge on any atom is -0.351 e. The van der Waals surface area contributed by atoms with E-state index in [-0.39, 0.29) is 76.8 Å². The summed E-state index contributed by atoms with van der Waals surface area (Å²) in [5.74, 6) is -1.14. The molecule has 4 bridgehead atoms. The molecule has 19 heteroatoms. The molecule has 0 spiro atoms. The van der Waals surface area contributed by atoms with Crippen molar-refractivity contribution in [1.29, 1.82) is 0 Å². The second-order valence-electron chi connectivity index (χ2n) is 24.5. The first-order valence-electron chi connectivity index (χ1n) is 27.2. The number of nitrogens with zero attached hydrogens (tertiary/aromatic N) is 5. The fourth-order valence-corrected chi connectivity index (χ4v) is 12.9. The Morgan fingerprint density at radius 3 is 2.07 bits per heavy atom. The number of fused-ring (bicyclic) bond motifs is 6. The second kappa shape index (κ2) is 23.5. The highest BCUT2D eigenvalue weighted by Crippen LogP contribution is 2.41. The minimum atomic E-state index is -4.31. The summed E-state index contributed by atoms with van der Waals surface area (Å²) in [7, 11) is -8.59. The molecule has 2 fully saturated rings. The third kappa shape index (κ3) is 14.2. The molecule has 16 nitrogen and oxygen atoms in total. The number of hydrogen-bond acceptors (Lipinski definition) is 12. The number of para-hydroxylation sites is 2. The Hall–Kier alpha value is -6.99. The number of carbonyl (C=O) groups excluding carboxylic acids is 4. The molecular weight excluding hydrogens is 1080 g/mol. The molecule has 6 aromatic rings. The summed E-state index contributed by atoms with van der Waals surface area (Å²) in [5.41, 5.74) is 2.69. The molecule has 0 aliphatic carbocycles. The van der Waals surface area contributed by atoms with Crippen molar-refractivity contribution in [3.8, 4) is 0 Å². The molecular formula is C62H73ClN8O8S2. The number of halogens is 1. The first-order valence-corrected chi connectivity index (χ1v) is 30.6. The normalized spacial score (nSPS) is 18.8. The highest BCUT2D eigenvalue weighted by atomic mass is 35.5. The zero-order valence-corrected chi connectivity index (χ0v) is 50.1. The molecule has 3 N–H and O–H groups in total. The van der Waals surface area contributed by atoms with Crippen molar-refractivity contribution in [2.24, 2.45) is 11.8 Å². The fraction of sp³-hybridized carbons (Fsp3) is 0.387. The van der Waals surface area contributed by atoms with Gasteiger partial charge in [0.25, 0.3) is 43.7 Å². The van der Waals surface area contributed by atoms with Crippen molar-refractivity contribution in [2.45, 2.75) is 127 Å². The van der Waals surface area contributed by atoms with Crippen molar-refractivity contribution in [1.82, 2.24) is 24.7 Å². The van der Waals surface area contributed by atoms with Crippen molar-refractivity contribution in [3.63, 3.8) is 0 Å². The van der Waals surface area contributed by atoms with Crippen LogP contribution in [0.15, 0.2) is 143 Å². The van der Waals surface area contributed by atoms with Crippen LogP contribution >= 0.6 is 11.6 Å². The highest BCUT2D eigenvalue weighted by molar-refractivity contribution is 7.90. The van der Waals surface area contributed by atoms with Gasteiger partial charge in [0.05, 0.1) is 20.9 Å². The third-order valence-corrected chi connectivity index (χ3v) is 18.0. The van der Waals surface area contributed by atoms with E-state index in [0.717, 1.165) is 49.3 Å². The predicted octanol–water partition coefficient (Wildman–Crippen LogP) is 10.7. The molecule has 2 unspecified atom stereocenters. The van der Waals surface area contributed by atoms with Gasteiger partial charge >= 0.3 is 0 Å². The Balaban J connectivity index is 0.000000212. The van der Waals surface area contributed by atoms with E-state index in [1.165, 1.54) is 42.5 Å². The number of hydrogen-bond donors (Lipinski definition) is 3. The number of nitrogens with one attached hydrogen (secondary N) is 3. The van der Waals surface area contributed by atoms with E-state index in [1.54, 1.807) is 40.1 Å². The molecule has 0 radical (unpaired) electrons. The van der Waals surface area contributed by atoms with Gasteiger partial charge in [0.15, 0.2) is 0 Å². The lowest BCUT2D eigenvalue weighted by Gasteiger charge is -2.34. The largest absolute Gasteiger partial charge is 0.351 e. The molecule has 9 rings (SSSR count). The van der Waals surface area contributed by atoms with Gasteiger partial charge in [0.2, 0.25) is 0 Å². The van der Waals surface area contributed by atoms with E-state index in [9.17, 15) is 36.0 Å². The Kier molecular flexibility index (Phi) is 17.4. The molecule has 2 aromatic heterocycles. The zero-order valence-electron chi connectivity index (χ0n) is 47.7. The van der Waals surface area contributed by atoms with Crippen LogP contribution in [0.4, 0.5) is 17.2 Å². The summed E-state index contributed by atoms with van der Waals surface area (Å²) < 4.78 is 57.5. The highest BCUT2D eigenvalue weighted by Gasteiger charge is 2.42. The number of aromatic nitrogens is 2. The molecule has 81 heavy (non-hydrogen) atoms. The van der Waals surface area contributed by atoms with E-state index in [4.69, 9.17) is 16.6 Å². The number of pyridine rings is 2. The summed E-state index contributed by atoms with van der Waals surface area (Å²) in [5, 5.41) is 3.43. The van der Waals surface area contributed by atoms with Crippen LogP contribution in [0.5, 0.6) is 0 Å². The molecule has 3 aliphatic rings. The Morgan fingerprint density at radius 2 is 1.43 bits per heavy atom. The van der Waals surface area contributed by atoms with Gasteiger partial charge in [-0.2, -0.15) is 0 Å². The Morgan fingerprint density at radius 1 is 0.790 bits per heavy atom. The van der Waals surface area contributed by atoms with Gasteiger partial charge in [-0.3, -0.25) is 19.2 Å². The number of anilines is 3. The smallest absolute Gasteiger partial charge is 0.268 e. The summed E-state index contributed by atoms with van der Waals surface area (Å²) in [4.78, 5) is 68.4. The summed E-state index contributed by atoms with van der Waals surface area (Å²) >= 11 is 6.24. The van der Waals surface area contributed by atoms with E-state index >= 15 is 0 Å². The maximum atomic E-state index is 13.8. The first-order chi connectivity index (χ1) is 37.9. The number of benzene rings is 4. The van der Waals surface area contributed by atoms with Gasteiger partial charge in [0.1, 0.15) is 11.0 Å². The summed E-state index contributed by atoms with van der Waals surface area (Å²) in [6, 6.07) is 36.8. The average Bonchev–Trinajstić information content (AvgIpc) is 4.04. The van der Waals surface area contributed by atoms with Gasteiger partial charge in [-0.25, -0.2) is 36.2 Å². The van der Waals surface area contributed by atoms with Crippen LogP contribution in [0, 0.1) is 11.8 Å². The van der Waals surface area contributed by atoms with E-state index in [1.807, 2.05) is 81.4 Å². The monoisotopic (exact) mass is 1160 g/mol. The molecule has 428 valence electrons. The van der Waals surface area contributed by atoms with Gasteiger partial charge in [-0.05, 0) is 157 Å². The van der Waals surface area contributed by atoms with Gasteiger partial charge in [-0.15, -0.1) is 0 Å². The predicted molar refractivity (Wildman–Crippen MR) is 318 cm³/mol. The van der Waals surface area contributed by atoms with E-state index in [0.29, 0.717) is 37.1 Å². The molecule has 5 heterocycles. The average molecular weight is 1160 g/mol. The van der Waals surface area contributed by atoms with Crippen LogP contribution in [0.3, 0.4) is 0 Å². The maximum absolute atomic E-state index is 13.8. The Labute approximate surface area is 482 Å². The molecule has 4 aromatic carbocycles. The first kappa shape index (κ1) is 60.1. The van der Waals surface area contributed by atoms with Crippen molar-refractivity contribution in [2.75, 3.05) is 40.9 Å². The SMILES string of the molecule is CC(C)(C)c1ccc2c(n1)N1CC(CCN(c3ccccc3)C(=O)c3cccc(c3)S(=O)(=O)NC2=O)CC1(C)C.CC1(C)CC(CCN(C(=O)c2cccc(S(=O)(=O)NC(=O)c3ccc(C(C)(C)C)nc3Cl)c2)c2ccccc2)CN1. The topological polar surface area (TPSA) is 208 Å². The van der Waals surface area contributed by atoms with Crippen LogP contribution in [-0.2, 0) is 30.9 Å². The third-order valence-electron chi connectivity index (χ3n) is 15.0. The van der Waals surface area contributed by atoms with Crippen LogP contribution in [0.25, 0.3) is 0 Å². The van der Waals surface area contributed by atoms with Gasteiger partial charge in [0, 0.05) is 75.4 Å². The maximum Gasteiger partial charge on any atom is 0.268 e. The van der Waals surface area contributed by atoms with Crippen LogP contribution < -0.4 is 29.5 Å². The van der Waals surface area contributed by atoms with Gasteiger partial charge in [-0.1, -0.05) is 102 Å². The van der Waals surface area contributed by atoms with Gasteiger partial charge < -0.3 is 20.0 Å². The minimum absolute atomic E-state index is 0.0599. The number of carbonyl (C=O) groups is 4. The fourth-order valence-electron chi connectivity index (χ4n) is 10.6. The number of rotatable bonds is 9. The molecule has 0 saturated carbocycles. The lowest BCUT2D eigenvalue weighted by molar-refractivity contribution is 0.0972. The molecule has 2 saturated heterocycles. The van der Waals surface area contributed by atoms with Crippen LogP contribution in [-0.4, -0.2) is 87.7 Å². The number of amides is 4. The molecule has 4 amide bonds. The number of sulfonamides is 2. The quantitative estimate of drug-likeness (QED) is 0.116. The van der Waals surface area contributed by atoms with Crippen molar-refractivity contribution >= 4 is 72.5 Å². The summed E-state index contributed by atoms with van der Waals surface area (Å²) in [6.45, 7) is 23.1. The van der Waals surface area contributed by atoms with Crippen LogP contribution in [0.2, 0.25) is 5.15 Å². The molecule has 2 atom stereocenters.